The molecule has 188 valence electrons. The molecule has 1 aromatic carbocycles. The Bertz CT molecular complexity index is 1190. The summed E-state index contributed by atoms with van der Waals surface area (Å²) >= 11 is 0. The first-order valence-electron chi connectivity index (χ1n) is 12.4. The number of aryl methyl sites for hydroxylation is 1. The Kier molecular flexibility index (Phi) is 8.15. The van der Waals surface area contributed by atoms with Gasteiger partial charge in [0.2, 0.25) is 11.8 Å². The number of amides is 3. The van der Waals surface area contributed by atoms with Crippen LogP contribution in [0.4, 0.5) is 5.69 Å². The van der Waals surface area contributed by atoms with Gasteiger partial charge in [0.1, 0.15) is 6.04 Å². The van der Waals surface area contributed by atoms with Gasteiger partial charge >= 0.3 is 0 Å². The van der Waals surface area contributed by atoms with Crippen molar-refractivity contribution < 1.29 is 18.8 Å². The molecule has 3 amide bonds. The Morgan fingerprint density at radius 3 is 2.56 bits per heavy atom. The van der Waals surface area contributed by atoms with Gasteiger partial charge in [0.15, 0.2) is 5.76 Å². The molecule has 4 rings (SSSR count). The molecular formula is C28H32N4O4. The molecule has 36 heavy (non-hydrogen) atoms. The van der Waals surface area contributed by atoms with Crippen LogP contribution in [0.25, 0.3) is 0 Å². The van der Waals surface area contributed by atoms with E-state index in [1.54, 1.807) is 30.6 Å². The lowest BCUT2D eigenvalue weighted by atomic mass is 9.94. The second-order valence-electron chi connectivity index (χ2n) is 9.18. The first kappa shape index (κ1) is 25.2. The van der Waals surface area contributed by atoms with Gasteiger partial charge in [0, 0.05) is 29.7 Å². The van der Waals surface area contributed by atoms with E-state index in [4.69, 9.17) is 4.42 Å². The van der Waals surface area contributed by atoms with Crippen LogP contribution in [0, 0.1) is 13.8 Å². The molecule has 1 fully saturated rings. The maximum atomic E-state index is 13.8. The molecule has 1 aliphatic carbocycles. The molecule has 2 heterocycles. The van der Waals surface area contributed by atoms with Gasteiger partial charge in [-0.1, -0.05) is 37.5 Å². The molecule has 0 unspecified atom stereocenters. The van der Waals surface area contributed by atoms with Gasteiger partial charge in [0.25, 0.3) is 5.91 Å². The standard InChI is InChI=1S/C28H32N4O4/c1-19-9-6-13-23(20(19)2)32(25(33)18-30-27(34)24-14-8-16-36-24)26(21-10-7-15-29-17-21)28(35)31-22-11-4-3-5-12-22/h6-10,13-17,22,26H,3-5,11-12,18H2,1-2H3,(H,30,34)(H,31,35)/t26-/m1/s1. The van der Waals surface area contributed by atoms with E-state index >= 15 is 0 Å². The quantitative estimate of drug-likeness (QED) is 0.493. The number of aromatic nitrogens is 1. The van der Waals surface area contributed by atoms with E-state index in [2.05, 4.69) is 15.6 Å². The van der Waals surface area contributed by atoms with Gasteiger partial charge in [-0.2, -0.15) is 0 Å². The lowest BCUT2D eigenvalue weighted by molar-refractivity contribution is -0.127. The number of carbonyl (C=O) groups is 3. The highest BCUT2D eigenvalue weighted by molar-refractivity contribution is 6.04. The third kappa shape index (κ3) is 5.82. The monoisotopic (exact) mass is 488 g/mol. The van der Waals surface area contributed by atoms with Crippen LogP contribution < -0.4 is 15.5 Å². The summed E-state index contributed by atoms with van der Waals surface area (Å²) in [5.41, 5.74) is 3.07. The summed E-state index contributed by atoms with van der Waals surface area (Å²) in [7, 11) is 0. The highest BCUT2D eigenvalue weighted by Crippen LogP contribution is 2.32. The predicted octanol–water partition coefficient (Wildman–Crippen LogP) is 4.24. The topological polar surface area (TPSA) is 105 Å². The molecule has 8 heteroatoms. The molecule has 2 N–H and O–H groups in total. The number of benzene rings is 1. The summed E-state index contributed by atoms with van der Waals surface area (Å²) in [5, 5.41) is 5.81. The van der Waals surface area contributed by atoms with Crippen LogP contribution in [-0.4, -0.2) is 35.3 Å². The Hall–Kier alpha value is -3.94. The molecule has 1 aliphatic rings. The van der Waals surface area contributed by atoms with Gasteiger partial charge in [-0.15, -0.1) is 0 Å². The summed E-state index contributed by atoms with van der Waals surface area (Å²) in [5.74, 6) is -1.07. The Morgan fingerprint density at radius 1 is 1.06 bits per heavy atom. The van der Waals surface area contributed by atoms with Gasteiger partial charge in [-0.05, 0) is 62.1 Å². The fourth-order valence-electron chi connectivity index (χ4n) is 4.63. The highest BCUT2D eigenvalue weighted by Gasteiger charge is 2.35. The van der Waals surface area contributed by atoms with Crippen molar-refractivity contribution in [1.82, 2.24) is 15.6 Å². The highest BCUT2D eigenvalue weighted by atomic mass is 16.3. The number of nitrogens with one attached hydrogen (secondary N) is 2. The lowest BCUT2D eigenvalue weighted by Crippen LogP contribution is -2.50. The first-order valence-corrected chi connectivity index (χ1v) is 12.4. The summed E-state index contributed by atoms with van der Waals surface area (Å²) in [4.78, 5) is 45.8. The predicted molar refractivity (Wildman–Crippen MR) is 136 cm³/mol. The van der Waals surface area contributed by atoms with Crippen molar-refractivity contribution in [1.29, 1.82) is 0 Å². The molecular weight excluding hydrogens is 456 g/mol. The van der Waals surface area contributed by atoms with Gasteiger partial charge in [0.05, 0.1) is 12.8 Å². The van der Waals surface area contributed by atoms with Crippen LogP contribution in [0.15, 0.2) is 65.5 Å². The van der Waals surface area contributed by atoms with E-state index < -0.39 is 17.9 Å². The average molecular weight is 489 g/mol. The van der Waals surface area contributed by atoms with Gasteiger partial charge in [-0.25, -0.2) is 0 Å². The van der Waals surface area contributed by atoms with Gasteiger partial charge in [-0.3, -0.25) is 24.3 Å². The fourth-order valence-corrected chi connectivity index (χ4v) is 4.63. The van der Waals surface area contributed by atoms with Gasteiger partial charge < -0.3 is 15.1 Å². The van der Waals surface area contributed by atoms with Crippen LogP contribution in [0.2, 0.25) is 0 Å². The summed E-state index contributed by atoms with van der Waals surface area (Å²) < 4.78 is 5.14. The van der Waals surface area contributed by atoms with E-state index in [0.29, 0.717) is 11.3 Å². The molecule has 2 aromatic heterocycles. The second-order valence-corrected chi connectivity index (χ2v) is 9.18. The summed E-state index contributed by atoms with van der Waals surface area (Å²) in [6.45, 7) is 3.58. The van der Waals surface area contributed by atoms with Crippen molar-refractivity contribution in [3.63, 3.8) is 0 Å². The Morgan fingerprint density at radius 2 is 1.86 bits per heavy atom. The third-order valence-electron chi connectivity index (χ3n) is 6.71. The van der Waals surface area contributed by atoms with Crippen molar-refractivity contribution in [2.45, 2.75) is 58.0 Å². The number of rotatable bonds is 8. The van der Waals surface area contributed by atoms with Crippen LogP contribution in [-0.2, 0) is 9.59 Å². The van der Waals surface area contributed by atoms with E-state index in [1.165, 1.54) is 23.7 Å². The number of carbonyl (C=O) groups excluding carboxylic acids is 3. The number of pyridine rings is 1. The van der Waals surface area contributed by atoms with Crippen molar-refractivity contribution in [3.8, 4) is 0 Å². The molecule has 1 saturated carbocycles. The zero-order valence-electron chi connectivity index (χ0n) is 20.7. The Balaban J connectivity index is 1.70. The van der Waals surface area contributed by atoms with Crippen molar-refractivity contribution in [2.24, 2.45) is 0 Å². The van der Waals surface area contributed by atoms with Crippen molar-refractivity contribution >= 4 is 23.4 Å². The zero-order valence-corrected chi connectivity index (χ0v) is 20.7. The van der Waals surface area contributed by atoms with Crippen LogP contribution in [0.1, 0.15) is 65.4 Å². The minimum atomic E-state index is -0.950. The number of hydrogen-bond acceptors (Lipinski definition) is 5. The number of furan rings is 1. The molecule has 0 saturated heterocycles. The fraction of sp³-hybridized carbons (Fsp3) is 0.357. The van der Waals surface area contributed by atoms with E-state index in [1.807, 2.05) is 32.0 Å². The summed E-state index contributed by atoms with van der Waals surface area (Å²) in [6, 6.07) is 11.4. The van der Waals surface area contributed by atoms with Crippen LogP contribution in [0.3, 0.4) is 0 Å². The number of hydrogen-bond donors (Lipinski definition) is 2. The van der Waals surface area contributed by atoms with E-state index in [-0.39, 0.29) is 24.3 Å². The van der Waals surface area contributed by atoms with Crippen LogP contribution in [0.5, 0.6) is 0 Å². The van der Waals surface area contributed by atoms with Crippen LogP contribution >= 0.6 is 0 Å². The molecule has 1 atom stereocenters. The molecule has 0 aliphatic heterocycles. The Labute approximate surface area is 211 Å². The molecule has 0 spiro atoms. The zero-order chi connectivity index (χ0) is 25.5. The third-order valence-corrected chi connectivity index (χ3v) is 6.71. The minimum Gasteiger partial charge on any atom is -0.459 e. The van der Waals surface area contributed by atoms with Crippen molar-refractivity contribution in [2.75, 3.05) is 11.4 Å². The molecule has 0 radical (unpaired) electrons. The smallest absolute Gasteiger partial charge is 0.287 e. The molecule has 3 aromatic rings. The SMILES string of the molecule is Cc1cccc(N(C(=O)CNC(=O)c2ccco2)[C@@H](C(=O)NC2CCCCC2)c2cccnc2)c1C. The summed E-state index contributed by atoms with van der Waals surface area (Å²) in [6.07, 6.45) is 9.78. The van der Waals surface area contributed by atoms with E-state index in [0.717, 1.165) is 36.8 Å². The van der Waals surface area contributed by atoms with E-state index in [9.17, 15) is 14.4 Å². The van der Waals surface area contributed by atoms with Crippen molar-refractivity contribution in [3.05, 3.63) is 83.6 Å². The normalized spacial score (nSPS) is 14.6. The average Bonchev–Trinajstić information content (AvgIpc) is 3.44. The largest absolute Gasteiger partial charge is 0.459 e. The molecule has 0 bridgehead atoms. The second kappa shape index (κ2) is 11.7. The lowest BCUT2D eigenvalue weighted by Gasteiger charge is -2.34. The number of nitrogens with zero attached hydrogens (tertiary/aromatic N) is 2. The maximum absolute atomic E-state index is 13.8. The maximum Gasteiger partial charge on any atom is 0.287 e. The number of anilines is 1. The minimum absolute atomic E-state index is 0.0691. The molecule has 8 nitrogen and oxygen atoms in total. The first-order chi connectivity index (χ1) is 17.5.